The van der Waals surface area contributed by atoms with Crippen LogP contribution in [0.1, 0.15) is 26.7 Å². The first kappa shape index (κ1) is 12.5. The normalized spacial score (nSPS) is 20.1. The van der Waals surface area contributed by atoms with E-state index in [0.717, 1.165) is 12.5 Å². The number of rotatable bonds is 6. The Morgan fingerprint density at radius 1 is 1.60 bits per heavy atom. The van der Waals surface area contributed by atoms with Gasteiger partial charge in [0.2, 0.25) is 0 Å². The first-order valence-corrected chi connectivity index (χ1v) is 5.60. The summed E-state index contributed by atoms with van der Waals surface area (Å²) < 4.78 is 4.94. The maximum atomic E-state index is 11.5. The van der Waals surface area contributed by atoms with Gasteiger partial charge in [-0.15, -0.1) is 0 Å². The number of ether oxygens (including phenoxy) is 1. The van der Waals surface area contributed by atoms with Gasteiger partial charge in [-0.2, -0.15) is 0 Å². The van der Waals surface area contributed by atoms with E-state index in [1.54, 1.807) is 13.8 Å². The third-order valence-corrected chi connectivity index (χ3v) is 2.61. The minimum atomic E-state index is -0.889. The molecule has 1 unspecified atom stereocenters. The van der Waals surface area contributed by atoms with Crippen molar-refractivity contribution in [2.75, 3.05) is 26.7 Å². The molecule has 0 aromatic heterocycles. The lowest BCUT2D eigenvalue weighted by Crippen LogP contribution is -2.54. The molecule has 1 rings (SSSR count). The third-order valence-electron chi connectivity index (χ3n) is 2.61. The van der Waals surface area contributed by atoms with Crippen LogP contribution in [0.25, 0.3) is 0 Å². The second kappa shape index (κ2) is 4.94. The summed E-state index contributed by atoms with van der Waals surface area (Å²) >= 11 is 0. The number of nitrogens with zero attached hydrogens (tertiary/aromatic N) is 1. The van der Waals surface area contributed by atoms with Gasteiger partial charge in [-0.25, -0.2) is 0 Å². The van der Waals surface area contributed by atoms with E-state index in [0.29, 0.717) is 13.2 Å². The van der Waals surface area contributed by atoms with Gasteiger partial charge in [0.15, 0.2) is 0 Å². The van der Waals surface area contributed by atoms with E-state index in [1.165, 1.54) is 12.8 Å². The van der Waals surface area contributed by atoms with E-state index >= 15 is 0 Å². The Morgan fingerprint density at radius 3 is 2.67 bits per heavy atom. The van der Waals surface area contributed by atoms with Gasteiger partial charge in [-0.05, 0) is 39.7 Å². The molecule has 88 valence electrons. The first-order valence-electron chi connectivity index (χ1n) is 5.60. The van der Waals surface area contributed by atoms with Crippen molar-refractivity contribution in [3.8, 4) is 0 Å². The zero-order chi connectivity index (χ0) is 11.5. The fraction of sp³-hybridized carbons (Fsp3) is 0.909. The Labute approximate surface area is 91.8 Å². The van der Waals surface area contributed by atoms with Crippen molar-refractivity contribution in [3.63, 3.8) is 0 Å². The van der Waals surface area contributed by atoms with Gasteiger partial charge in [0, 0.05) is 13.1 Å². The van der Waals surface area contributed by atoms with Gasteiger partial charge in [-0.1, -0.05) is 0 Å². The molecule has 0 radical (unpaired) electrons. The molecule has 2 N–H and O–H groups in total. The molecule has 0 bridgehead atoms. The van der Waals surface area contributed by atoms with Gasteiger partial charge in [0.25, 0.3) is 0 Å². The summed E-state index contributed by atoms with van der Waals surface area (Å²) in [6.07, 6.45) is 2.62. The molecule has 0 aliphatic heterocycles. The SMILES string of the molecule is CCOC(=O)C(C)(N)CN(C)CC1CC1. The smallest absolute Gasteiger partial charge is 0.327 e. The second-order valence-electron chi connectivity index (χ2n) is 4.78. The number of likely N-dealkylation sites (N-methyl/N-ethyl adjacent to an activating group) is 1. The molecule has 0 spiro atoms. The number of hydrogen-bond acceptors (Lipinski definition) is 4. The summed E-state index contributed by atoms with van der Waals surface area (Å²) in [5, 5.41) is 0. The molecule has 1 fully saturated rings. The lowest BCUT2D eigenvalue weighted by Gasteiger charge is -2.28. The van der Waals surface area contributed by atoms with Crippen molar-refractivity contribution in [2.45, 2.75) is 32.2 Å². The molecule has 0 aromatic carbocycles. The van der Waals surface area contributed by atoms with Gasteiger partial charge in [0.1, 0.15) is 5.54 Å². The van der Waals surface area contributed by atoms with Gasteiger partial charge in [0.05, 0.1) is 6.61 Å². The molecule has 0 heterocycles. The van der Waals surface area contributed by atoms with E-state index in [2.05, 4.69) is 4.90 Å². The second-order valence-corrected chi connectivity index (χ2v) is 4.78. The number of esters is 1. The Bertz CT molecular complexity index is 225. The maximum absolute atomic E-state index is 11.5. The zero-order valence-electron chi connectivity index (χ0n) is 9.95. The van der Waals surface area contributed by atoms with Crippen LogP contribution < -0.4 is 5.73 Å². The summed E-state index contributed by atoms with van der Waals surface area (Å²) in [5.74, 6) is 0.501. The lowest BCUT2D eigenvalue weighted by atomic mass is 10.0. The first-order chi connectivity index (χ1) is 6.95. The fourth-order valence-electron chi connectivity index (χ4n) is 1.73. The third kappa shape index (κ3) is 4.18. The van der Waals surface area contributed by atoms with Gasteiger partial charge < -0.3 is 15.4 Å². The van der Waals surface area contributed by atoms with Crippen molar-refractivity contribution in [3.05, 3.63) is 0 Å². The average molecular weight is 214 g/mol. The maximum Gasteiger partial charge on any atom is 0.327 e. The van der Waals surface area contributed by atoms with Gasteiger partial charge >= 0.3 is 5.97 Å². The molecule has 4 heteroatoms. The summed E-state index contributed by atoms with van der Waals surface area (Å²) in [6.45, 7) is 5.50. The highest BCUT2D eigenvalue weighted by Gasteiger charge is 2.33. The Balaban J connectivity index is 2.35. The van der Waals surface area contributed by atoms with Crippen LogP contribution >= 0.6 is 0 Å². The highest BCUT2D eigenvalue weighted by Crippen LogP contribution is 2.29. The molecule has 1 saturated carbocycles. The molecule has 0 amide bonds. The minimum absolute atomic E-state index is 0.312. The Morgan fingerprint density at radius 2 is 2.20 bits per heavy atom. The average Bonchev–Trinajstić information content (AvgIpc) is 2.87. The predicted octanol–water partition coefficient (Wildman–Crippen LogP) is 0.609. The van der Waals surface area contributed by atoms with Crippen LogP contribution in [-0.4, -0.2) is 43.2 Å². The summed E-state index contributed by atoms with van der Waals surface area (Å²) in [4.78, 5) is 13.6. The van der Waals surface area contributed by atoms with Crippen LogP contribution in [0.3, 0.4) is 0 Å². The summed E-state index contributed by atoms with van der Waals surface area (Å²) in [7, 11) is 2.00. The molecule has 0 aromatic rings. The Hall–Kier alpha value is -0.610. The molecule has 0 saturated heterocycles. The van der Waals surface area contributed by atoms with Crippen LogP contribution in [0, 0.1) is 5.92 Å². The largest absolute Gasteiger partial charge is 0.465 e. The summed E-state index contributed by atoms with van der Waals surface area (Å²) in [6, 6.07) is 0. The molecule has 4 nitrogen and oxygen atoms in total. The lowest BCUT2D eigenvalue weighted by molar-refractivity contribution is -0.149. The molecular formula is C11H22N2O2. The number of carbonyl (C=O) groups excluding carboxylic acids is 1. The molecule has 1 atom stereocenters. The quantitative estimate of drug-likeness (QED) is 0.658. The highest BCUT2D eigenvalue weighted by molar-refractivity contribution is 5.80. The number of nitrogens with two attached hydrogens (primary N) is 1. The number of carbonyl (C=O) groups is 1. The van der Waals surface area contributed by atoms with Gasteiger partial charge in [-0.3, -0.25) is 4.79 Å². The van der Waals surface area contributed by atoms with Crippen LogP contribution in [0.5, 0.6) is 0 Å². The van der Waals surface area contributed by atoms with Crippen molar-refractivity contribution >= 4 is 5.97 Å². The van der Waals surface area contributed by atoms with E-state index < -0.39 is 5.54 Å². The zero-order valence-corrected chi connectivity index (χ0v) is 9.95. The van der Waals surface area contributed by atoms with E-state index in [1.807, 2.05) is 7.05 Å². The van der Waals surface area contributed by atoms with Crippen LogP contribution in [0.15, 0.2) is 0 Å². The van der Waals surface area contributed by atoms with Crippen molar-refractivity contribution in [1.29, 1.82) is 0 Å². The highest BCUT2D eigenvalue weighted by atomic mass is 16.5. The topological polar surface area (TPSA) is 55.6 Å². The Kier molecular flexibility index (Phi) is 4.11. The standard InChI is InChI=1S/C11H22N2O2/c1-4-15-10(14)11(2,12)8-13(3)7-9-5-6-9/h9H,4-8,12H2,1-3H3. The van der Waals surface area contributed by atoms with Crippen LogP contribution in [-0.2, 0) is 9.53 Å². The molecule has 1 aliphatic rings. The predicted molar refractivity (Wildman–Crippen MR) is 59.4 cm³/mol. The molecule has 15 heavy (non-hydrogen) atoms. The van der Waals surface area contributed by atoms with E-state index in [-0.39, 0.29) is 5.97 Å². The van der Waals surface area contributed by atoms with Crippen molar-refractivity contribution in [2.24, 2.45) is 11.7 Å². The van der Waals surface area contributed by atoms with Crippen molar-refractivity contribution in [1.82, 2.24) is 4.90 Å². The van der Waals surface area contributed by atoms with E-state index in [9.17, 15) is 4.79 Å². The van der Waals surface area contributed by atoms with Crippen LogP contribution in [0.4, 0.5) is 0 Å². The van der Waals surface area contributed by atoms with Crippen LogP contribution in [0.2, 0.25) is 0 Å². The monoisotopic (exact) mass is 214 g/mol. The minimum Gasteiger partial charge on any atom is -0.465 e. The van der Waals surface area contributed by atoms with E-state index in [4.69, 9.17) is 10.5 Å². The summed E-state index contributed by atoms with van der Waals surface area (Å²) in [5.41, 5.74) is 5.04. The molecule has 1 aliphatic carbocycles. The number of hydrogen-bond donors (Lipinski definition) is 1. The molecular weight excluding hydrogens is 192 g/mol. The fourth-order valence-corrected chi connectivity index (χ4v) is 1.73. The van der Waals surface area contributed by atoms with Crippen molar-refractivity contribution < 1.29 is 9.53 Å².